The number of Topliss-reactive ketones (excluding diaryl/α,β-unsaturated/α-hetero) is 1. The van der Waals surface area contributed by atoms with Crippen molar-refractivity contribution in [2.75, 3.05) is 6.61 Å². The fourth-order valence-corrected chi connectivity index (χ4v) is 2.77. The highest BCUT2D eigenvalue weighted by molar-refractivity contribution is 5.92. The van der Waals surface area contributed by atoms with Crippen LogP contribution in [0.5, 0.6) is 0 Å². The molecular formula is C17H28O10. The van der Waals surface area contributed by atoms with Gasteiger partial charge in [0.2, 0.25) is 0 Å². The van der Waals surface area contributed by atoms with Crippen LogP contribution in [0.4, 0.5) is 0 Å². The van der Waals surface area contributed by atoms with Gasteiger partial charge in [-0.05, 0) is 12.8 Å². The number of carbonyl (C=O) groups excluding carboxylic acids is 1. The minimum atomic E-state index is -1.83. The number of aliphatic hydroxyl groups excluding tert-OH is 3. The van der Waals surface area contributed by atoms with Crippen LogP contribution in [-0.2, 0) is 23.9 Å². The molecular weight excluding hydrogens is 364 g/mol. The molecule has 1 heterocycles. The van der Waals surface area contributed by atoms with Gasteiger partial charge >= 0.3 is 11.9 Å². The standard InChI is InChI=1S/C17H28O10/c1-2-9(18)6-4-3-5-7-26-17-14(21)13(20)12(19)11(27-17)8-10(15(22)23)16(24)25/h10-14,17,19-21H,2-8H2,1H3,(H,22,23)(H,24,25). The number of unbranched alkanes of at least 4 members (excludes halogenated alkanes) is 2. The number of rotatable bonds is 12. The van der Waals surface area contributed by atoms with Crippen LogP contribution in [0, 0.1) is 5.92 Å². The van der Waals surface area contributed by atoms with Crippen LogP contribution in [0.25, 0.3) is 0 Å². The van der Waals surface area contributed by atoms with Crippen LogP contribution < -0.4 is 0 Å². The van der Waals surface area contributed by atoms with Crippen LogP contribution in [0.3, 0.4) is 0 Å². The van der Waals surface area contributed by atoms with Gasteiger partial charge in [-0.25, -0.2) is 0 Å². The first-order valence-corrected chi connectivity index (χ1v) is 8.97. The van der Waals surface area contributed by atoms with Crippen molar-refractivity contribution in [3.05, 3.63) is 0 Å². The lowest BCUT2D eigenvalue weighted by atomic mass is 9.91. The maximum atomic E-state index is 11.2. The molecule has 10 heteroatoms. The Morgan fingerprint density at radius 1 is 0.963 bits per heavy atom. The maximum absolute atomic E-state index is 11.2. The first-order valence-electron chi connectivity index (χ1n) is 8.97. The van der Waals surface area contributed by atoms with Crippen LogP contribution >= 0.6 is 0 Å². The summed E-state index contributed by atoms with van der Waals surface area (Å²) < 4.78 is 10.7. The third kappa shape index (κ3) is 7.15. The van der Waals surface area contributed by atoms with Crippen molar-refractivity contribution in [2.45, 2.75) is 76.2 Å². The molecule has 1 aliphatic rings. The number of carbonyl (C=O) groups is 3. The number of aliphatic hydroxyl groups is 3. The zero-order chi connectivity index (χ0) is 20.6. The molecule has 5 N–H and O–H groups in total. The predicted molar refractivity (Wildman–Crippen MR) is 89.8 cm³/mol. The fraction of sp³-hybridized carbons (Fsp3) is 0.824. The SMILES string of the molecule is CCC(=O)CCCCCOC1OC(CC(C(=O)O)C(=O)O)C(O)C(O)C1O. The lowest BCUT2D eigenvalue weighted by Crippen LogP contribution is -2.59. The number of hydrogen-bond acceptors (Lipinski definition) is 8. The van der Waals surface area contributed by atoms with Gasteiger partial charge in [-0.1, -0.05) is 13.3 Å². The van der Waals surface area contributed by atoms with Crippen molar-refractivity contribution in [3.63, 3.8) is 0 Å². The van der Waals surface area contributed by atoms with E-state index in [1.807, 2.05) is 0 Å². The first kappa shape index (κ1) is 23.4. The first-order chi connectivity index (χ1) is 12.7. The Morgan fingerprint density at radius 2 is 1.59 bits per heavy atom. The van der Waals surface area contributed by atoms with E-state index in [0.29, 0.717) is 32.1 Å². The lowest BCUT2D eigenvalue weighted by Gasteiger charge is -2.40. The highest BCUT2D eigenvalue weighted by Crippen LogP contribution is 2.27. The van der Waals surface area contributed by atoms with E-state index >= 15 is 0 Å². The molecule has 156 valence electrons. The Balaban J connectivity index is 2.53. The summed E-state index contributed by atoms with van der Waals surface area (Å²) in [5.74, 6) is -4.85. The molecule has 1 rings (SSSR count). The van der Waals surface area contributed by atoms with Gasteiger partial charge in [-0.15, -0.1) is 0 Å². The summed E-state index contributed by atoms with van der Waals surface area (Å²) in [6.45, 7) is 1.95. The van der Waals surface area contributed by atoms with E-state index in [1.54, 1.807) is 6.92 Å². The summed E-state index contributed by atoms with van der Waals surface area (Å²) in [5.41, 5.74) is 0. The summed E-state index contributed by atoms with van der Waals surface area (Å²) >= 11 is 0. The maximum Gasteiger partial charge on any atom is 0.317 e. The lowest BCUT2D eigenvalue weighted by molar-refractivity contribution is -0.299. The summed E-state index contributed by atoms with van der Waals surface area (Å²) in [7, 11) is 0. The van der Waals surface area contributed by atoms with E-state index in [1.165, 1.54) is 0 Å². The van der Waals surface area contributed by atoms with Crippen molar-refractivity contribution >= 4 is 17.7 Å². The van der Waals surface area contributed by atoms with Crippen LogP contribution in [-0.4, -0.2) is 80.6 Å². The van der Waals surface area contributed by atoms with Crippen LogP contribution in [0.1, 0.15) is 45.4 Å². The minimum Gasteiger partial charge on any atom is -0.481 e. The Morgan fingerprint density at radius 3 is 2.15 bits per heavy atom. The summed E-state index contributed by atoms with van der Waals surface area (Å²) in [6.07, 6.45) is -5.16. The Hall–Kier alpha value is -1.59. The number of aliphatic carboxylic acids is 2. The molecule has 0 aromatic carbocycles. The molecule has 10 nitrogen and oxygen atoms in total. The van der Waals surface area contributed by atoms with Crippen LogP contribution in [0.15, 0.2) is 0 Å². The molecule has 27 heavy (non-hydrogen) atoms. The van der Waals surface area contributed by atoms with E-state index < -0.39 is 55.0 Å². The van der Waals surface area contributed by atoms with Crippen molar-refractivity contribution in [1.29, 1.82) is 0 Å². The van der Waals surface area contributed by atoms with E-state index in [9.17, 15) is 29.7 Å². The largest absolute Gasteiger partial charge is 0.481 e. The fourth-order valence-electron chi connectivity index (χ4n) is 2.77. The van der Waals surface area contributed by atoms with Crippen molar-refractivity contribution in [1.82, 2.24) is 0 Å². The predicted octanol–water partition coefficient (Wildman–Crippen LogP) is -0.474. The van der Waals surface area contributed by atoms with Gasteiger partial charge in [0.25, 0.3) is 0 Å². The van der Waals surface area contributed by atoms with Crippen molar-refractivity contribution in [2.24, 2.45) is 5.92 Å². The smallest absolute Gasteiger partial charge is 0.317 e. The molecule has 0 radical (unpaired) electrons. The molecule has 1 aliphatic heterocycles. The van der Waals surface area contributed by atoms with Gasteiger partial charge in [-0.3, -0.25) is 14.4 Å². The average Bonchev–Trinajstić information content (AvgIpc) is 2.62. The zero-order valence-corrected chi connectivity index (χ0v) is 15.2. The second-order valence-corrected chi connectivity index (χ2v) is 6.55. The molecule has 0 aromatic heterocycles. The molecule has 1 saturated heterocycles. The summed E-state index contributed by atoms with van der Waals surface area (Å²) in [4.78, 5) is 33.2. The number of ketones is 1. The molecule has 1 fully saturated rings. The normalized spacial score (nSPS) is 28.3. The monoisotopic (exact) mass is 392 g/mol. The van der Waals surface area contributed by atoms with Gasteiger partial charge in [-0.2, -0.15) is 0 Å². The molecule has 0 aromatic rings. The Labute approximate surface area is 156 Å². The quantitative estimate of drug-likeness (QED) is 0.216. The van der Waals surface area contributed by atoms with E-state index in [2.05, 4.69) is 0 Å². The Bertz CT molecular complexity index is 494. The zero-order valence-electron chi connectivity index (χ0n) is 15.2. The Kier molecular flexibility index (Phi) is 9.81. The van der Waals surface area contributed by atoms with E-state index in [0.717, 1.165) is 0 Å². The second kappa shape index (κ2) is 11.3. The number of ether oxygens (including phenoxy) is 2. The van der Waals surface area contributed by atoms with Gasteiger partial charge < -0.3 is 35.0 Å². The summed E-state index contributed by atoms with van der Waals surface area (Å²) in [5, 5.41) is 47.7. The molecule has 5 unspecified atom stereocenters. The molecule has 0 aliphatic carbocycles. The molecule has 0 spiro atoms. The van der Waals surface area contributed by atoms with Crippen LogP contribution in [0.2, 0.25) is 0 Å². The van der Waals surface area contributed by atoms with E-state index in [4.69, 9.17) is 19.7 Å². The third-order valence-electron chi connectivity index (χ3n) is 4.51. The summed E-state index contributed by atoms with van der Waals surface area (Å²) in [6, 6.07) is 0. The number of carboxylic acid groups (broad SMARTS) is 2. The molecule has 0 saturated carbocycles. The second-order valence-electron chi connectivity index (χ2n) is 6.55. The van der Waals surface area contributed by atoms with E-state index in [-0.39, 0.29) is 12.4 Å². The number of hydrogen-bond donors (Lipinski definition) is 5. The van der Waals surface area contributed by atoms with Gasteiger partial charge in [0, 0.05) is 25.9 Å². The van der Waals surface area contributed by atoms with Gasteiger partial charge in [0.1, 0.15) is 24.1 Å². The minimum absolute atomic E-state index is 0.152. The average molecular weight is 392 g/mol. The third-order valence-corrected chi connectivity index (χ3v) is 4.51. The molecule has 0 bridgehead atoms. The molecule has 0 amide bonds. The molecule has 5 atom stereocenters. The van der Waals surface area contributed by atoms with Crippen molar-refractivity contribution in [3.8, 4) is 0 Å². The van der Waals surface area contributed by atoms with Crippen molar-refractivity contribution < 1.29 is 49.4 Å². The number of carboxylic acids is 2. The highest BCUT2D eigenvalue weighted by Gasteiger charge is 2.46. The highest BCUT2D eigenvalue weighted by atomic mass is 16.7. The van der Waals surface area contributed by atoms with Gasteiger partial charge in [0.05, 0.1) is 6.10 Å². The topological polar surface area (TPSA) is 171 Å². The van der Waals surface area contributed by atoms with Gasteiger partial charge in [0.15, 0.2) is 12.2 Å².